The molecule has 1 aliphatic carbocycles. The lowest BCUT2D eigenvalue weighted by Gasteiger charge is -2.34. The molecule has 0 fully saturated rings. The van der Waals surface area contributed by atoms with Crippen molar-refractivity contribution in [3.8, 4) is 22.6 Å². The van der Waals surface area contributed by atoms with E-state index in [0.29, 0.717) is 17.2 Å². The first kappa shape index (κ1) is 45.9. The van der Waals surface area contributed by atoms with E-state index in [4.69, 9.17) is 15.2 Å². The molecule has 0 aliphatic heterocycles. The van der Waals surface area contributed by atoms with Crippen LogP contribution >= 0.6 is 0 Å². The summed E-state index contributed by atoms with van der Waals surface area (Å²) in [6.07, 6.45) is -1.97. The number of benzene rings is 7. The van der Waals surface area contributed by atoms with E-state index >= 15 is 0 Å². The lowest BCUT2D eigenvalue weighted by Crippen LogP contribution is -2.29. The van der Waals surface area contributed by atoms with Crippen LogP contribution < -0.4 is 31.2 Å². The molecule has 0 bridgehead atoms. The summed E-state index contributed by atoms with van der Waals surface area (Å²) in [5.41, 5.74) is 12.1. The molecule has 1 aliphatic rings. The second-order valence-corrected chi connectivity index (χ2v) is 16.1. The topological polar surface area (TPSA) is 250 Å². The molecule has 0 radical (unpaired) electrons. The highest BCUT2D eigenvalue weighted by Gasteiger charge is 2.46. The number of nitrogens with two attached hydrogens (primary N) is 1. The number of hydrogen-bond donors (Lipinski definition) is 9. The summed E-state index contributed by atoms with van der Waals surface area (Å²) < 4.78 is 12.0. The molecule has 0 spiro atoms. The Kier molecular flexibility index (Phi) is 13.4. The van der Waals surface area contributed by atoms with Crippen LogP contribution in [0.5, 0.6) is 11.5 Å². The molecule has 0 saturated heterocycles. The van der Waals surface area contributed by atoms with Crippen LogP contribution in [0.2, 0.25) is 0 Å². The summed E-state index contributed by atoms with van der Waals surface area (Å²) in [5.74, 6) is -3.35. The first-order valence-electron chi connectivity index (χ1n) is 21.5. The minimum Gasteiger partial charge on any atom is -0.491 e. The number of hydrogen-bond acceptors (Lipinski definition) is 11. The van der Waals surface area contributed by atoms with Gasteiger partial charge in [-0.2, -0.15) is 0 Å². The minimum absolute atomic E-state index is 0.0324. The molecule has 0 aromatic heterocycles. The van der Waals surface area contributed by atoms with Crippen molar-refractivity contribution in [3.63, 3.8) is 0 Å². The van der Waals surface area contributed by atoms with E-state index < -0.39 is 41.4 Å². The zero-order chi connectivity index (χ0) is 48.0. The first-order chi connectivity index (χ1) is 32.8. The van der Waals surface area contributed by atoms with Gasteiger partial charge in [-0.25, -0.2) is 14.4 Å². The lowest BCUT2D eigenvalue weighted by molar-refractivity contribution is 0.0684. The Labute approximate surface area is 390 Å². The molecule has 1 amide bonds. The number of carboxylic acid groups (broad SMARTS) is 3. The smallest absolute Gasteiger partial charge is 0.336 e. The summed E-state index contributed by atoms with van der Waals surface area (Å²) in [7, 11) is 0. The van der Waals surface area contributed by atoms with Crippen molar-refractivity contribution in [3.05, 3.63) is 202 Å². The standard InChI is InChI=1S/C53H46N4O11/c54-35-21-31(50(61)62)22-36(25-35)55-27-39(58)29-67-41-17-13-33(14-18-41)53(47-11-5-3-7-43(47)44-8-4-6-12-48(44)53)34-15-19-42(20-16-34)68-30-40(59)28-56-37-23-32(51(63)64)24-38(26-37)57-49(60)45-9-1-2-10-46(45)52(65)66/h1-26,39-40,55-56,58-59H,27-30,54H2,(H,57,60)(H,61,62)(H,63,64)(H,65,66). The average molecular weight is 915 g/mol. The van der Waals surface area contributed by atoms with Gasteiger partial charge in [-0.15, -0.1) is 0 Å². The van der Waals surface area contributed by atoms with Crippen LogP contribution in [0, 0.1) is 0 Å². The highest BCUT2D eigenvalue weighted by molar-refractivity contribution is 6.11. The molecule has 10 N–H and O–H groups in total. The normalized spacial score (nSPS) is 13.0. The van der Waals surface area contributed by atoms with E-state index in [1.807, 2.05) is 72.8 Å². The van der Waals surface area contributed by atoms with Crippen LogP contribution in [0.3, 0.4) is 0 Å². The van der Waals surface area contributed by atoms with Gasteiger partial charge in [-0.3, -0.25) is 4.79 Å². The molecule has 7 aromatic carbocycles. The summed E-state index contributed by atoms with van der Waals surface area (Å²) in [4.78, 5) is 48.1. The van der Waals surface area contributed by atoms with Gasteiger partial charge in [0.05, 0.1) is 27.7 Å². The number of amides is 1. The predicted octanol–water partition coefficient (Wildman–Crippen LogP) is 7.68. The molecule has 0 heterocycles. The van der Waals surface area contributed by atoms with Crippen molar-refractivity contribution < 1.29 is 54.2 Å². The number of nitrogens with one attached hydrogen (secondary N) is 3. The zero-order valence-corrected chi connectivity index (χ0v) is 36.3. The fourth-order valence-electron chi connectivity index (χ4n) is 8.47. The Morgan fingerprint density at radius 3 is 1.46 bits per heavy atom. The molecule has 68 heavy (non-hydrogen) atoms. The maximum absolute atomic E-state index is 13.0. The summed E-state index contributed by atoms with van der Waals surface area (Å²) >= 11 is 0. The molecule has 344 valence electrons. The third-order valence-corrected chi connectivity index (χ3v) is 11.5. The summed E-state index contributed by atoms with van der Waals surface area (Å²) in [6, 6.07) is 46.1. The van der Waals surface area contributed by atoms with Crippen LogP contribution in [0.1, 0.15) is 63.7 Å². The number of aromatic carboxylic acids is 3. The molecular weight excluding hydrogens is 869 g/mol. The third kappa shape index (κ3) is 9.79. The molecule has 7 aromatic rings. The quantitative estimate of drug-likeness (QED) is 0.0353. The Balaban J connectivity index is 0.951. The average Bonchev–Trinajstić information content (AvgIpc) is 3.64. The van der Waals surface area contributed by atoms with Crippen molar-refractivity contribution in [1.29, 1.82) is 0 Å². The molecule has 2 unspecified atom stereocenters. The van der Waals surface area contributed by atoms with Crippen molar-refractivity contribution in [2.75, 3.05) is 48.0 Å². The monoisotopic (exact) mass is 914 g/mol. The van der Waals surface area contributed by atoms with Crippen LogP contribution in [0.4, 0.5) is 22.7 Å². The van der Waals surface area contributed by atoms with Crippen molar-refractivity contribution in [2.45, 2.75) is 17.6 Å². The maximum Gasteiger partial charge on any atom is 0.336 e. The Morgan fingerprint density at radius 2 is 0.956 bits per heavy atom. The van der Waals surface area contributed by atoms with E-state index in [0.717, 1.165) is 33.4 Å². The van der Waals surface area contributed by atoms with Crippen LogP contribution in [-0.2, 0) is 5.41 Å². The van der Waals surface area contributed by atoms with Crippen LogP contribution in [0.15, 0.2) is 158 Å². The van der Waals surface area contributed by atoms with Crippen LogP contribution in [-0.4, -0.2) is 87.9 Å². The van der Waals surface area contributed by atoms with E-state index in [1.165, 1.54) is 54.6 Å². The lowest BCUT2D eigenvalue weighted by atomic mass is 9.68. The molecule has 15 nitrogen and oxygen atoms in total. The summed E-state index contributed by atoms with van der Waals surface area (Å²) in [6.45, 7) is -0.0955. The van der Waals surface area contributed by atoms with Crippen molar-refractivity contribution in [2.24, 2.45) is 0 Å². The number of ether oxygens (including phenoxy) is 2. The SMILES string of the molecule is Nc1cc(NCC(O)COc2ccc(C3(c4ccc(OCC(O)CNc5cc(NC(=O)c6ccccc6C(=O)O)cc(C(=O)O)c5)cc4)c4ccccc4-c4ccccc43)cc2)cc(C(=O)O)c1. The minimum atomic E-state index is -1.29. The number of carbonyl (C=O) groups excluding carboxylic acids is 1. The van der Waals surface area contributed by atoms with E-state index in [-0.39, 0.29) is 65.6 Å². The molecule has 8 rings (SSSR count). The van der Waals surface area contributed by atoms with Crippen molar-refractivity contribution in [1.82, 2.24) is 0 Å². The second-order valence-electron chi connectivity index (χ2n) is 16.1. The van der Waals surface area contributed by atoms with Gasteiger partial charge in [-0.1, -0.05) is 84.9 Å². The number of carboxylic acids is 3. The predicted molar refractivity (Wildman–Crippen MR) is 256 cm³/mol. The first-order valence-corrected chi connectivity index (χ1v) is 21.5. The van der Waals surface area contributed by atoms with Gasteiger partial charge >= 0.3 is 17.9 Å². The highest BCUT2D eigenvalue weighted by Crippen LogP contribution is 2.56. The van der Waals surface area contributed by atoms with Gasteiger partial charge in [0.2, 0.25) is 0 Å². The Morgan fingerprint density at radius 1 is 0.515 bits per heavy atom. The van der Waals surface area contributed by atoms with Gasteiger partial charge < -0.3 is 56.7 Å². The maximum atomic E-state index is 13.0. The Hall–Kier alpha value is -8.66. The molecule has 2 atom stereocenters. The van der Waals surface area contributed by atoms with E-state index in [1.54, 1.807) is 6.07 Å². The highest BCUT2D eigenvalue weighted by atomic mass is 16.5. The zero-order valence-electron chi connectivity index (χ0n) is 36.3. The number of fused-ring (bicyclic) bond motifs is 3. The van der Waals surface area contributed by atoms with Crippen LogP contribution in [0.25, 0.3) is 11.1 Å². The fraction of sp³-hybridized carbons (Fsp3) is 0.132. The largest absolute Gasteiger partial charge is 0.491 e. The number of nitrogen functional groups attached to an aromatic ring is 1. The van der Waals surface area contributed by atoms with E-state index in [2.05, 4.69) is 40.2 Å². The van der Waals surface area contributed by atoms with Gasteiger partial charge in [-0.05, 0) is 106 Å². The number of aliphatic hydroxyl groups is 2. The van der Waals surface area contributed by atoms with Gasteiger partial charge in [0.1, 0.15) is 36.9 Å². The Bertz CT molecular complexity index is 2970. The molecule has 0 saturated carbocycles. The second kappa shape index (κ2) is 19.8. The number of carbonyl (C=O) groups is 4. The van der Waals surface area contributed by atoms with E-state index in [9.17, 15) is 44.7 Å². The molecular formula is C53H46N4O11. The van der Waals surface area contributed by atoms with Gasteiger partial charge in [0, 0.05) is 35.8 Å². The molecule has 15 heteroatoms. The third-order valence-electron chi connectivity index (χ3n) is 11.5. The fourth-order valence-corrected chi connectivity index (χ4v) is 8.47. The number of rotatable bonds is 19. The van der Waals surface area contributed by atoms with Gasteiger partial charge in [0.25, 0.3) is 5.91 Å². The number of aliphatic hydroxyl groups excluding tert-OH is 2. The van der Waals surface area contributed by atoms with Crippen molar-refractivity contribution >= 4 is 46.6 Å². The summed E-state index contributed by atoms with van der Waals surface area (Å²) in [5, 5.41) is 58.9. The number of anilines is 4. The van der Waals surface area contributed by atoms with Gasteiger partial charge in [0.15, 0.2) is 0 Å².